The number of aromatic nitrogens is 1. The number of ether oxygens (including phenoxy) is 2. The minimum Gasteiger partial charge on any atom is -0.497 e. The number of rotatable bonds is 8. The van der Waals surface area contributed by atoms with Crippen molar-refractivity contribution in [3.8, 4) is 22.8 Å². The minimum atomic E-state index is -1.04. The van der Waals surface area contributed by atoms with E-state index in [-0.39, 0.29) is 6.04 Å². The Balaban J connectivity index is 1.50. The summed E-state index contributed by atoms with van der Waals surface area (Å²) in [5.41, 5.74) is 3.27. The SMILES string of the molecule is COc1ccc(C2=NN(c3nc(-c4cc(Br)ccc4OCC(=O)O)cs3)C(c3ccco3)C2)cc1. The molecule has 1 atom stereocenters. The molecule has 0 bridgehead atoms. The van der Waals surface area contributed by atoms with E-state index >= 15 is 0 Å². The Kier molecular flexibility index (Phi) is 6.56. The van der Waals surface area contributed by atoms with Gasteiger partial charge in [0, 0.05) is 21.8 Å². The van der Waals surface area contributed by atoms with Crippen molar-refractivity contribution < 1.29 is 23.8 Å². The number of furan rings is 1. The van der Waals surface area contributed by atoms with Gasteiger partial charge < -0.3 is 19.0 Å². The summed E-state index contributed by atoms with van der Waals surface area (Å²) in [4.78, 5) is 15.8. The van der Waals surface area contributed by atoms with E-state index in [1.807, 2.05) is 52.9 Å². The Labute approximate surface area is 213 Å². The molecule has 0 radical (unpaired) electrons. The van der Waals surface area contributed by atoms with E-state index < -0.39 is 12.6 Å². The highest BCUT2D eigenvalue weighted by atomic mass is 79.9. The Bertz CT molecular complexity index is 1370. The lowest BCUT2D eigenvalue weighted by Gasteiger charge is -2.18. The van der Waals surface area contributed by atoms with E-state index in [0.29, 0.717) is 28.6 Å². The molecule has 10 heteroatoms. The van der Waals surface area contributed by atoms with Crippen molar-refractivity contribution in [3.63, 3.8) is 0 Å². The van der Waals surface area contributed by atoms with E-state index in [1.165, 1.54) is 11.3 Å². The maximum atomic E-state index is 11.0. The van der Waals surface area contributed by atoms with Gasteiger partial charge in [0.05, 0.1) is 24.8 Å². The van der Waals surface area contributed by atoms with Gasteiger partial charge >= 0.3 is 5.97 Å². The first-order valence-corrected chi connectivity index (χ1v) is 12.3. The molecule has 0 spiro atoms. The molecule has 3 heterocycles. The summed E-state index contributed by atoms with van der Waals surface area (Å²) < 4.78 is 17.3. The van der Waals surface area contributed by atoms with Crippen molar-refractivity contribution in [1.29, 1.82) is 0 Å². The van der Waals surface area contributed by atoms with E-state index in [9.17, 15) is 4.79 Å². The van der Waals surface area contributed by atoms with Crippen LogP contribution in [0.15, 0.2) is 80.2 Å². The summed E-state index contributed by atoms with van der Waals surface area (Å²) >= 11 is 4.92. The molecule has 1 N–H and O–H groups in total. The summed E-state index contributed by atoms with van der Waals surface area (Å²) in [6.07, 6.45) is 2.30. The van der Waals surface area contributed by atoms with Crippen LogP contribution in [0.3, 0.4) is 0 Å². The summed E-state index contributed by atoms with van der Waals surface area (Å²) in [7, 11) is 1.64. The molecular weight excluding hydrogens is 534 g/mol. The highest BCUT2D eigenvalue weighted by molar-refractivity contribution is 9.10. The first-order chi connectivity index (χ1) is 17.0. The number of anilines is 1. The molecule has 1 aliphatic rings. The highest BCUT2D eigenvalue weighted by Crippen LogP contribution is 2.41. The Morgan fingerprint density at radius 3 is 2.80 bits per heavy atom. The van der Waals surface area contributed by atoms with Crippen LogP contribution in [0.4, 0.5) is 5.13 Å². The number of nitrogens with zero attached hydrogens (tertiary/aromatic N) is 3. The van der Waals surface area contributed by atoms with Gasteiger partial charge in [-0.25, -0.2) is 14.8 Å². The van der Waals surface area contributed by atoms with Crippen LogP contribution >= 0.6 is 27.3 Å². The van der Waals surface area contributed by atoms with Crippen LogP contribution in [0.1, 0.15) is 23.8 Å². The molecule has 1 unspecified atom stereocenters. The number of thiazole rings is 1. The smallest absolute Gasteiger partial charge is 0.341 e. The zero-order chi connectivity index (χ0) is 24.4. The molecule has 0 aliphatic carbocycles. The molecule has 1 aliphatic heterocycles. The molecule has 5 rings (SSSR count). The molecule has 4 aromatic rings. The van der Waals surface area contributed by atoms with Gasteiger partial charge in [-0.3, -0.25) is 0 Å². The number of hydrogen-bond donors (Lipinski definition) is 1. The van der Waals surface area contributed by atoms with Crippen molar-refractivity contribution in [2.75, 3.05) is 18.7 Å². The number of halogens is 1. The summed E-state index contributed by atoms with van der Waals surface area (Å²) in [6, 6.07) is 16.8. The lowest BCUT2D eigenvalue weighted by Crippen LogP contribution is -2.17. The van der Waals surface area contributed by atoms with Gasteiger partial charge in [0.15, 0.2) is 6.61 Å². The monoisotopic (exact) mass is 553 g/mol. The predicted octanol–water partition coefficient (Wildman–Crippen LogP) is 5.99. The molecule has 2 aromatic heterocycles. The topological polar surface area (TPSA) is 97.4 Å². The number of carboxylic acid groups (broad SMARTS) is 1. The van der Waals surface area contributed by atoms with Gasteiger partial charge in [0.25, 0.3) is 0 Å². The van der Waals surface area contributed by atoms with Crippen LogP contribution in [0.5, 0.6) is 11.5 Å². The van der Waals surface area contributed by atoms with Gasteiger partial charge in [0.1, 0.15) is 23.3 Å². The lowest BCUT2D eigenvalue weighted by atomic mass is 10.0. The van der Waals surface area contributed by atoms with Gasteiger partial charge in [-0.1, -0.05) is 15.9 Å². The molecule has 8 nitrogen and oxygen atoms in total. The van der Waals surface area contributed by atoms with Crippen molar-refractivity contribution in [3.05, 3.63) is 82.0 Å². The van der Waals surface area contributed by atoms with Crippen LogP contribution in [0, 0.1) is 0 Å². The average Bonchev–Trinajstić information content (AvgIpc) is 3.63. The first kappa shape index (κ1) is 23.1. The van der Waals surface area contributed by atoms with Crippen molar-refractivity contribution in [1.82, 2.24) is 4.98 Å². The van der Waals surface area contributed by atoms with Crippen LogP contribution < -0.4 is 14.5 Å². The number of hydrazone groups is 1. The molecule has 0 fully saturated rings. The van der Waals surface area contributed by atoms with Crippen LogP contribution in [0.2, 0.25) is 0 Å². The average molecular weight is 554 g/mol. The Morgan fingerprint density at radius 2 is 2.09 bits per heavy atom. The maximum Gasteiger partial charge on any atom is 0.341 e. The molecule has 35 heavy (non-hydrogen) atoms. The molecular formula is C25H20BrN3O5S. The second kappa shape index (κ2) is 9.93. The molecule has 178 valence electrons. The second-order valence-corrected chi connectivity index (χ2v) is 9.45. The first-order valence-electron chi connectivity index (χ1n) is 10.7. The Morgan fingerprint density at radius 1 is 1.26 bits per heavy atom. The van der Waals surface area contributed by atoms with Crippen LogP contribution in [-0.2, 0) is 4.79 Å². The van der Waals surface area contributed by atoms with Gasteiger partial charge in [-0.05, 0) is 60.2 Å². The van der Waals surface area contributed by atoms with Crippen molar-refractivity contribution >= 4 is 44.1 Å². The molecule has 0 amide bonds. The van der Waals surface area contributed by atoms with Gasteiger partial charge in [-0.15, -0.1) is 11.3 Å². The summed E-state index contributed by atoms with van der Waals surface area (Å²) in [5.74, 6) is 0.976. The molecule has 2 aromatic carbocycles. The van der Waals surface area contributed by atoms with E-state index in [0.717, 1.165) is 27.3 Å². The third-order valence-electron chi connectivity index (χ3n) is 5.46. The fourth-order valence-electron chi connectivity index (χ4n) is 3.81. The summed E-state index contributed by atoms with van der Waals surface area (Å²) in [6.45, 7) is -0.437. The number of methoxy groups -OCH3 is 1. The molecule has 0 saturated carbocycles. The highest BCUT2D eigenvalue weighted by Gasteiger charge is 2.33. The van der Waals surface area contributed by atoms with E-state index in [4.69, 9.17) is 29.1 Å². The van der Waals surface area contributed by atoms with Gasteiger partial charge in [-0.2, -0.15) is 5.10 Å². The normalized spacial score (nSPS) is 15.2. The fourth-order valence-corrected chi connectivity index (χ4v) is 4.99. The van der Waals surface area contributed by atoms with Crippen molar-refractivity contribution in [2.24, 2.45) is 5.10 Å². The zero-order valence-electron chi connectivity index (χ0n) is 18.6. The summed E-state index contributed by atoms with van der Waals surface area (Å²) in [5, 5.41) is 18.4. The number of benzene rings is 2. The third-order valence-corrected chi connectivity index (χ3v) is 6.79. The minimum absolute atomic E-state index is 0.147. The quantitative estimate of drug-likeness (QED) is 0.286. The standard InChI is InChI=1S/C25H20BrN3O5S/c1-32-17-7-4-15(5-8-17)19-12-21(23-3-2-10-33-23)29(28-19)25-27-20(14-35-25)18-11-16(26)6-9-22(18)34-13-24(30)31/h2-11,14,21H,12-13H2,1H3,(H,30,31). The number of carbonyl (C=O) groups is 1. The maximum absolute atomic E-state index is 11.0. The number of carboxylic acids is 1. The Hall–Kier alpha value is -3.63. The van der Waals surface area contributed by atoms with Crippen molar-refractivity contribution in [2.45, 2.75) is 12.5 Å². The second-order valence-electron chi connectivity index (χ2n) is 7.69. The molecule has 0 saturated heterocycles. The van der Waals surface area contributed by atoms with Crippen LogP contribution in [0.25, 0.3) is 11.3 Å². The number of aliphatic carboxylic acids is 1. The van der Waals surface area contributed by atoms with Crippen LogP contribution in [-0.4, -0.2) is 35.5 Å². The van der Waals surface area contributed by atoms with E-state index in [2.05, 4.69) is 15.9 Å². The zero-order valence-corrected chi connectivity index (χ0v) is 21.0. The largest absolute Gasteiger partial charge is 0.497 e. The van der Waals surface area contributed by atoms with E-state index in [1.54, 1.807) is 25.5 Å². The number of hydrogen-bond acceptors (Lipinski definition) is 8. The lowest BCUT2D eigenvalue weighted by molar-refractivity contribution is -0.139. The third kappa shape index (κ3) is 4.94. The predicted molar refractivity (Wildman–Crippen MR) is 136 cm³/mol. The van der Waals surface area contributed by atoms with Gasteiger partial charge in [0.2, 0.25) is 5.13 Å². The fraction of sp³-hybridized carbons (Fsp3) is 0.160.